The van der Waals surface area contributed by atoms with Crippen molar-refractivity contribution in [3.63, 3.8) is 0 Å². The van der Waals surface area contributed by atoms with Gasteiger partial charge in [0.05, 0.1) is 12.1 Å². The molecule has 0 fully saturated rings. The molecule has 0 aliphatic rings. The van der Waals surface area contributed by atoms with E-state index in [1.165, 1.54) is 0 Å². The van der Waals surface area contributed by atoms with Crippen LogP contribution in [0.4, 0.5) is 0 Å². The maximum atomic E-state index is 12.1. The minimum absolute atomic E-state index is 0.0490. The quantitative estimate of drug-likeness (QED) is 0.715. The van der Waals surface area contributed by atoms with Crippen LogP contribution >= 0.6 is 0 Å². The molecule has 0 bridgehead atoms. The molecule has 1 amide bonds. The van der Waals surface area contributed by atoms with Crippen molar-refractivity contribution in [3.8, 4) is 0 Å². The fourth-order valence-electron chi connectivity index (χ4n) is 1.80. The summed E-state index contributed by atoms with van der Waals surface area (Å²) in [5.74, 6) is -0.156. The van der Waals surface area contributed by atoms with Gasteiger partial charge >= 0.3 is 0 Å². The number of nitrogens with one attached hydrogen (secondary N) is 1. The first-order chi connectivity index (χ1) is 8.60. The van der Waals surface area contributed by atoms with E-state index in [0.717, 1.165) is 5.56 Å². The maximum Gasteiger partial charge on any atom is 0.251 e. The third kappa shape index (κ3) is 3.31. The molecule has 4 heteroatoms. The number of amides is 1. The van der Waals surface area contributed by atoms with Gasteiger partial charge in [0.15, 0.2) is 0 Å². The van der Waals surface area contributed by atoms with Crippen molar-refractivity contribution in [3.05, 3.63) is 35.4 Å². The molecule has 0 heterocycles. The fraction of sp³-hybridized carbons (Fsp3) is 0.500. The molecule has 1 aromatic rings. The molecule has 1 aromatic carbocycles. The molecule has 0 spiro atoms. The minimum Gasteiger partial charge on any atom is -0.394 e. The van der Waals surface area contributed by atoms with E-state index in [4.69, 9.17) is 5.73 Å². The molecule has 0 aromatic heterocycles. The summed E-state index contributed by atoms with van der Waals surface area (Å²) in [7, 11) is 0. The number of hydrogen-bond donors (Lipinski definition) is 3. The molecule has 0 radical (unpaired) electrons. The second-order valence-electron chi connectivity index (χ2n) is 4.50. The average molecular weight is 250 g/mol. The predicted molar refractivity (Wildman–Crippen MR) is 72.2 cm³/mol. The lowest BCUT2D eigenvalue weighted by molar-refractivity contribution is 0.0818. The Morgan fingerprint density at radius 1 is 1.28 bits per heavy atom. The summed E-state index contributed by atoms with van der Waals surface area (Å²) in [6, 6.07) is 7.19. The highest BCUT2D eigenvalue weighted by molar-refractivity contribution is 5.94. The van der Waals surface area contributed by atoms with Gasteiger partial charge in [0.2, 0.25) is 0 Å². The SMILES string of the molecule is CCC(CC)(CO)NC(=O)c1ccc(CN)cc1. The Labute approximate surface area is 108 Å². The Morgan fingerprint density at radius 2 is 1.83 bits per heavy atom. The summed E-state index contributed by atoms with van der Waals surface area (Å²) in [4.78, 5) is 12.1. The lowest BCUT2D eigenvalue weighted by Crippen LogP contribution is -2.50. The number of carbonyl (C=O) groups is 1. The van der Waals surface area contributed by atoms with Crippen LogP contribution in [0.15, 0.2) is 24.3 Å². The Bertz CT molecular complexity index is 375. The molecular weight excluding hydrogens is 228 g/mol. The normalized spacial score (nSPS) is 11.3. The maximum absolute atomic E-state index is 12.1. The number of carbonyl (C=O) groups excluding carboxylic acids is 1. The van der Waals surface area contributed by atoms with Crippen molar-refractivity contribution >= 4 is 5.91 Å². The van der Waals surface area contributed by atoms with E-state index in [9.17, 15) is 9.90 Å². The molecule has 4 nitrogen and oxygen atoms in total. The average Bonchev–Trinajstić information content (AvgIpc) is 2.45. The first-order valence-electron chi connectivity index (χ1n) is 6.33. The summed E-state index contributed by atoms with van der Waals surface area (Å²) < 4.78 is 0. The number of nitrogens with two attached hydrogens (primary N) is 1. The number of benzene rings is 1. The molecule has 0 saturated carbocycles. The van der Waals surface area contributed by atoms with Crippen molar-refractivity contribution in [2.24, 2.45) is 5.73 Å². The van der Waals surface area contributed by atoms with E-state index in [1.54, 1.807) is 12.1 Å². The molecule has 0 unspecified atom stereocenters. The smallest absolute Gasteiger partial charge is 0.251 e. The molecular formula is C14H22N2O2. The van der Waals surface area contributed by atoms with E-state index < -0.39 is 5.54 Å². The lowest BCUT2D eigenvalue weighted by Gasteiger charge is -2.30. The standard InChI is InChI=1S/C14H22N2O2/c1-3-14(4-2,10-17)16-13(18)12-7-5-11(9-15)6-8-12/h5-8,17H,3-4,9-10,15H2,1-2H3,(H,16,18). The Morgan fingerprint density at radius 3 is 2.22 bits per heavy atom. The van der Waals surface area contributed by atoms with Gasteiger partial charge < -0.3 is 16.2 Å². The molecule has 18 heavy (non-hydrogen) atoms. The van der Waals surface area contributed by atoms with Crippen LogP contribution in [0.5, 0.6) is 0 Å². The molecule has 0 aliphatic heterocycles. The predicted octanol–water partition coefficient (Wildman–Crippen LogP) is 1.43. The highest BCUT2D eigenvalue weighted by Crippen LogP contribution is 2.15. The first-order valence-corrected chi connectivity index (χ1v) is 6.33. The Kier molecular flexibility index (Phi) is 5.31. The monoisotopic (exact) mass is 250 g/mol. The molecule has 0 aliphatic carbocycles. The lowest BCUT2D eigenvalue weighted by atomic mass is 9.93. The van der Waals surface area contributed by atoms with Gasteiger partial charge in [-0.3, -0.25) is 4.79 Å². The molecule has 4 N–H and O–H groups in total. The second kappa shape index (κ2) is 6.52. The zero-order valence-corrected chi connectivity index (χ0v) is 11.1. The topological polar surface area (TPSA) is 75.3 Å². The van der Waals surface area contributed by atoms with Gasteiger partial charge in [-0.1, -0.05) is 26.0 Å². The molecule has 0 saturated heterocycles. The number of aliphatic hydroxyl groups is 1. The number of aliphatic hydroxyl groups excluding tert-OH is 1. The van der Waals surface area contributed by atoms with E-state index in [-0.39, 0.29) is 12.5 Å². The van der Waals surface area contributed by atoms with Crippen molar-refractivity contribution in [2.75, 3.05) is 6.61 Å². The Balaban J connectivity index is 2.80. The van der Waals surface area contributed by atoms with Gasteiger partial charge in [0, 0.05) is 12.1 Å². The van der Waals surface area contributed by atoms with Gasteiger partial charge in [0.1, 0.15) is 0 Å². The van der Waals surface area contributed by atoms with Gasteiger partial charge in [-0.25, -0.2) is 0 Å². The van der Waals surface area contributed by atoms with E-state index >= 15 is 0 Å². The summed E-state index contributed by atoms with van der Waals surface area (Å²) in [5.41, 5.74) is 6.57. The first kappa shape index (κ1) is 14.7. The van der Waals surface area contributed by atoms with Crippen LogP contribution < -0.4 is 11.1 Å². The summed E-state index contributed by atoms with van der Waals surface area (Å²) >= 11 is 0. The van der Waals surface area contributed by atoms with Crippen LogP contribution in [-0.4, -0.2) is 23.2 Å². The van der Waals surface area contributed by atoms with Crippen molar-refractivity contribution in [1.82, 2.24) is 5.32 Å². The molecule has 0 atom stereocenters. The van der Waals surface area contributed by atoms with Crippen LogP contribution in [-0.2, 0) is 6.54 Å². The van der Waals surface area contributed by atoms with E-state index in [2.05, 4.69) is 5.32 Å². The fourth-order valence-corrected chi connectivity index (χ4v) is 1.80. The highest BCUT2D eigenvalue weighted by Gasteiger charge is 2.27. The van der Waals surface area contributed by atoms with E-state index in [1.807, 2.05) is 26.0 Å². The van der Waals surface area contributed by atoms with Crippen LogP contribution in [0.2, 0.25) is 0 Å². The largest absolute Gasteiger partial charge is 0.394 e. The van der Waals surface area contributed by atoms with E-state index in [0.29, 0.717) is 24.9 Å². The van der Waals surface area contributed by atoms with Crippen molar-refractivity contribution in [1.29, 1.82) is 0 Å². The van der Waals surface area contributed by atoms with Gasteiger partial charge in [0.25, 0.3) is 5.91 Å². The number of hydrogen-bond acceptors (Lipinski definition) is 3. The zero-order valence-electron chi connectivity index (χ0n) is 11.1. The zero-order chi connectivity index (χ0) is 13.6. The highest BCUT2D eigenvalue weighted by atomic mass is 16.3. The van der Waals surface area contributed by atoms with Crippen molar-refractivity contribution < 1.29 is 9.90 Å². The van der Waals surface area contributed by atoms with Crippen molar-refractivity contribution in [2.45, 2.75) is 38.8 Å². The molecule has 1 rings (SSSR count). The van der Waals surface area contributed by atoms with Gasteiger partial charge in [-0.05, 0) is 30.5 Å². The summed E-state index contributed by atoms with van der Waals surface area (Å²) in [6.07, 6.45) is 1.40. The Hall–Kier alpha value is -1.39. The van der Waals surface area contributed by atoms with Crippen LogP contribution in [0.25, 0.3) is 0 Å². The summed E-state index contributed by atoms with van der Waals surface area (Å²) in [5, 5.41) is 12.3. The van der Waals surface area contributed by atoms with Crippen LogP contribution in [0.1, 0.15) is 42.6 Å². The van der Waals surface area contributed by atoms with Crippen LogP contribution in [0.3, 0.4) is 0 Å². The van der Waals surface area contributed by atoms with Gasteiger partial charge in [-0.15, -0.1) is 0 Å². The summed E-state index contributed by atoms with van der Waals surface area (Å²) in [6.45, 7) is 4.33. The van der Waals surface area contributed by atoms with Crippen LogP contribution in [0, 0.1) is 0 Å². The van der Waals surface area contributed by atoms with Gasteiger partial charge in [-0.2, -0.15) is 0 Å². The second-order valence-corrected chi connectivity index (χ2v) is 4.50. The third-order valence-electron chi connectivity index (χ3n) is 3.49. The number of rotatable bonds is 6. The third-order valence-corrected chi connectivity index (χ3v) is 3.49. The molecule has 100 valence electrons. The minimum atomic E-state index is -0.524.